The van der Waals surface area contributed by atoms with E-state index in [-0.39, 0.29) is 0 Å². The second-order valence-corrected chi connectivity index (χ2v) is 5.47. The first-order valence-corrected chi connectivity index (χ1v) is 7.15. The summed E-state index contributed by atoms with van der Waals surface area (Å²) in [4.78, 5) is 4.15. The summed E-state index contributed by atoms with van der Waals surface area (Å²) in [5.41, 5.74) is 1.35. The van der Waals surface area contributed by atoms with E-state index in [2.05, 4.69) is 47.7 Å². The smallest absolute Gasteiger partial charge is 0.0346 e. The third kappa shape index (κ3) is 3.20. The maximum absolute atomic E-state index is 4.15. The van der Waals surface area contributed by atoms with Gasteiger partial charge in [0.05, 0.1) is 0 Å². The highest BCUT2D eigenvalue weighted by Gasteiger charge is 2.02. The first-order valence-electron chi connectivity index (χ1n) is 5.86. The van der Waals surface area contributed by atoms with Gasteiger partial charge in [-0.3, -0.25) is 4.98 Å². The lowest BCUT2D eigenvalue weighted by Crippen LogP contribution is -2.22. The normalized spacial score (nSPS) is 12.8. The molecule has 0 aliphatic carbocycles. The minimum atomic E-state index is 0.659. The molecule has 1 unspecified atom stereocenters. The first-order chi connectivity index (χ1) is 8.31. The zero-order chi connectivity index (χ0) is 12.1. The molecule has 0 saturated heterocycles. The third-order valence-electron chi connectivity index (χ3n) is 2.92. The standard InChI is InChI=1S/C14H18N2S/c1-11(17-2)8-16-10-13-5-3-4-12-9-15-7-6-14(12)13/h3-7,9,11,16H,8,10H2,1-2H3. The number of benzene rings is 1. The number of aromatic nitrogens is 1. The summed E-state index contributed by atoms with van der Waals surface area (Å²) in [5.74, 6) is 0. The number of nitrogens with zero attached hydrogens (tertiary/aromatic N) is 1. The van der Waals surface area contributed by atoms with Crippen molar-refractivity contribution in [2.24, 2.45) is 0 Å². The Morgan fingerprint density at radius 1 is 1.35 bits per heavy atom. The Morgan fingerprint density at radius 2 is 2.24 bits per heavy atom. The van der Waals surface area contributed by atoms with Crippen LogP contribution in [0.15, 0.2) is 36.7 Å². The minimum absolute atomic E-state index is 0.659. The molecule has 0 saturated carbocycles. The first kappa shape index (κ1) is 12.4. The van der Waals surface area contributed by atoms with Gasteiger partial charge in [-0.2, -0.15) is 11.8 Å². The van der Waals surface area contributed by atoms with Crippen LogP contribution in [0.5, 0.6) is 0 Å². The molecular weight excluding hydrogens is 228 g/mol. The van der Waals surface area contributed by atoms with E-state index < -0.39 is 0 Å². The maximum atomic E-state index is 4.15. The molecule has 17 heavy (non-hydrogen) atoms. The monoisotopic (exact) mass is 246 g/mol. The minimum Gasteiger partial charge on any atom is -0.312 e. The van der Waals surface area contributed by atoms with Crippen LogP contribution in [0.3, 0.4) is 0 Å². The maximum Gasteiger partial charge on any atom is 0.0346 e. The van der Waals surface area contributed by atoms with Crippen molar-refractivity contribution in [3.05, 3.63) is 42.2 Å². The van der Waals surface area contributed by atoms with Gasteiger partial charge in [0.1, 0.15) is 0 Å². The Hall–Kier alpha value is -1.06. The summed E-state index contributed by atoms with van der Waals surface area (Å²) in [7, 11) is 0. The molecule has 0 aliphatic rings. The topological polar surface area (TPSA) is 24.9 Å². The van der Waals surface area contributed by atoms with Gasteiger partial charge in [0.2, 0.25) is 0 Å². The van der Waals surface area contributed by atoms with E-state index in [4.69, 9.17) is 0 Å². The number of thioether (sulfide) groups is 1. The molecular formula is C14H18N2S. The molecule has 1 atom stereocenters. The molecule has 3 heteroatoms. The lowest BCUT2D eigenvalue weighted by molar-refractivity contribution is 0.687. The number of hydrogen-bond donors (Lipinski definition) is 1. The van der Waals surface area contributed by atoms with Crippen molar-refractivity contribution in [3.63, 3.8) is 0 Å². The van der Waals surface area contributed by atoms with Crippen LogP contribution in [0.25, 0.3) is 10.8 Å². The summed E-state index contributed by atoms with van der Waals surface area (Å²) in [6.07, 6.45) is 5.93. The van der Waals surface area contributed by atoms with Crippen LogP contribution >= 0.6 is 11.8 Å². The molecule has 0 radical (unpaired) electrons. The fourth-order valence-electron chi connectivity index (χ4n) is 1.84. The average Bonchev–Trinajstić information content (AvgIpc) is 2.39. The van der Waals surface area contributed by atoms with Crippen molar-refractivity contribution < 1.29 is 0 Å². The summed E-state index contributed by atoms with van der Waals surface area (Å²) < 4.78 is 0. The molecule has 0 aliphatic heterocycles. The quantitative estimate of drug-likeness (QED) is 0.877. The molecule has 0 amide bonds. The van der Waals surface area contributed by atoms with E-state index >= 15 is 0 Å². The van der Waals surface area contributed by atoms with Crippen LogP contribution in [0, 0.1) is 0 Å². The second kappa shape index (κ2) is 6.03. The lowest BCUT2D eigenvalue weighted by Gasteiger charge is -2.11. The summed E-state index contributed by atoms with van der Waals surface area (Å²) in [6, 6.07) is 8.47. The Bertz CT molecular complexity index is 479. The van der Waals surface area contributed by atoms with Crippen molar-refractivity contribution in [2.75, 3.05) is 12.8 Å². The van der Waals surface area contributed by atoms with E-state index in [1.807, 2.05) is 24.2 Å². The molecule has 90 valence electrons. The van der Waals surface area contributed by atoms with Crippen LogP contribution in [0.1, 0.15) is 12.5 Å². The predicted octanol–water partition coefficient (Wildman–Crippen LogP) is 3.08. The molecule has 1 heterocycles. The Balaban J connectivity index is 2.08. The molecule has 0 spiro atoms. The third-order valence-corrected chi connectivity index (χ3v) is 3.89. The average molecular weight is 246 g/mol. The molecule has 2 aromatic rings. The Labute approximate surface area is 107 Å². The van der Waals surface area contributed by atoms with Crippen LogP contribution in [0.4, 0.5) is 0 Å². The highest BCUT2D eigenvalue weighted by molar-refractivity contribution is 7.99. The van der Waals surface area contributed by atoms with Gasteiger partial charge in [-0.1, -0.05) is 25.1 Å². The fourth-order valence-corrected chi connectivity index (χ4v) is 2.12. The van der Waals surface area contributed by atoms with Gasteiger partial charge in [0.15, 0.2) is 0 Å². The molecule has 2 nitrogen and oxygen atoms in total. The molecule has 1 aromatic heterocycles. The van der Waals surface area contributed by atoms with Gasteiger partial charge in [0.25, 0.3) is 0 Å². The van der Waals surface area contributed by atoms with Gasteiger partial charge in [-0.15, -0.1) is 0 Å². The van der Waals surface area contributed by atoms with Gasteiger partial charge >= 0.3 is 0 Å². The van der Waals surface area contributed by atoms with E-state index in [1.165, 1.54) is 16.3 Å². The van der Waals surface area contributed by atoms with Gasteiger partial charge in [-0.25, -0.2) is 0 Å². The predicted molar refractivity (Wildman–Crippen MR) is 76.4 cm³/mol. The van der Waals surface area contributed by atoms with E-state index in [1.54, 1.807) is 0 Å². The van der Waals surface area contributed by atoms with Crippen molar-refractivity contribution in [1.82, 2.24) is 10.3 Å². The number of pyridine rings is 1. The van der Waals surface area contributed by atoms with E-state index in [0.717, 1.165) is 13.1 Å². The van der Waals surface area contributed by atoms with Crippen molar-refractivity contribution in [2.45, 2.75) is 18.7 Å². The Kier molecular flexibility index (Phi) is 4.40. The Morgan fingerprint density at radius 3 is 3.06 bits per heavy atom. The largest absolute Gasteiger partial charge is 0.312 e. The number of fused-ring (bicyclic) bond motifs is 1. The molecule has 1 aromatic carbocycles. The summed E-state index contributed by atoms with van der Waals surface area (Å²) in [6.45, 7) is 4.21. The van der Waals surface area contributed by atoms with E-state index in [0.29, 0.717) is 5.25 Å². The van der Waals surface area contributed by atoms with Crippen LogP contribution < -0.4 is 5.32 Å². The molecule has 1 N–H and O–H groups in total. The molecule has 2 rings (SSSR count). The van der Waals surface area contributed by atoms with Gasteiger partial charge in [0, 0.05) is 36.1 Å². The van der Waals surface area contributed by atoms with Crippen molar-refractivity contribution >= 4 is 22.5 Å². The number of hydrogen-bond acceptors (Lipinski definition) is 3. The fraction of sp³-hybridized carbons (Fsp3) is 0.357. The van der Waals surface area contributed by atoms with Crippen LogP contribution in [-0.4, -0.2) is 23.0 Å². The molecule has 0 bridgehead atoms. The second-order valence-electron chi connectivity index (χ2n) is 4.19. The highest BCUT2D eigenvalue weighted by Crippen LogP contribution is 2.17. The molecule has 0 fully saturated rings. The van der Waals surface area contributed by atoms with E-state index in [9.17, 15) is 0 Å². The van der Waals surface area contributed by atoms with Crippen LogP contribution in [0.2, 0.25) is 0 Å². The van der Waals surface area contributed by atoms with Crippen molar-refractivity contribution in [3.8, 4) is 0 Å². The van der Waals surface area contributed by atoms with Crippen molar-refractivity contribution in [1.29, 1.82) is 0 Å². The van der Waals surface area contributed by atoms with Gasteiger partial charge < -0.3 is 5.32 Å². The number of rotatable bonds is 5. The van der Waals surface area contributed by atoms with Crippen LogP contribution in [-0.2, 0) is 6.54 Å². The SMILES string of the molecule is CSC(C)CNCc1cccc2cnccc12. The summed E-state index contributed by atoms with van der Waals surface area (Å²) in [5, 5.41) is 6.67. The number of nitrogens with one attached hydrogen (secondary N) is 1. The zero-order valence-electron chi connectivity index (χ0n) is 10.3. The summed E-state index contributed by atoms with van der Waals surface area (Å²) >= 11 is 1.89. The lowest BCUT2D eigenvalue weighted by atomic mass is 10.1. The highest BCUT2D eigenvalue weighted by atomic mass is 32.2. The van der Waals surface area contributed by atoms with Gasteiger partial charge in [-0.05, 0) is 23.3 Å². The zero-order valence-corrected chi connectivity index (χ0v) is 11.1.